The van der Waals surface area contributed by atoms with Gasteiger partial charge >= 0.3 is 0 Å². The predicted molar refractivity (Wildman–Crippen MR) is 102 cm³/mol. The van der Waals surface area contributed by atoms with Gasteiger partial charge in [-0.3, -0.25) is 0 Å². The molecule has 26 heavy (non-hydrogen) atoms. The molecule has 0 amide bonds. The summed E-state index contributed by atoms with van der Waals surface area (Å²) in [5, 5.41) is 12.6. The van der Waals surface area contributed by atoms with Crippen LogP contribution < -0.4 is 5.32 Å². The molecule has 2 aromatic carbocycles. The fourth-order valence-corrected chi connectivity index (χ4v) is 2.76. The number of anilines is 1. The SMILES string of the molecule is CCCNc1nc(-c2nnc(-c3cccc(C)c3)o2)nc2ccccc12. The van der Waals surface area contributed by atoms with E-state index >= 15 is 0 Å². The Morgan fingerprint density at radius 3 is 2.65 bits per heavy atom. The van der Waals surface area contributed by atoms with Crippen molar-refractivity contribution in [1.29, 1.82) is 0 Å². The van der Waals surface area contributed by atoms with E-state index in [9.17, 15) is 0 Å². The second kappa shape index (κ2) is 6.92. The molecule has 4 aromatic rings. The Kier molecular flexibility index (Phi) is 4.31. The number of para-hydroxylation sites is 1. The molecule has 0 aliphatic heterocycles. The summed E-state index contributed by atoms with van der Waals surface area (Å²) >= 11 is 0. The highest BCUT2D eigenvalue weighted by Gasteiger charge is 2.16. The highest BCUT2D eigenvalue weighted by Crippen LogP contribution is 2.26. The normalized spacial score (nSPS) is 11.0. The maximum absolute atomic E-state index is 5.84. The van der Waals surface area contributed by atoms with Gasteiger partial charge in [0.15, 0.2) is 0 Å². The molecule has 130 valence electrons. The van der Waals surface area contributed by atoms with Crippen LogP contribution in [0, 0.1) is 6.92 Å². The van der Waals surface area contributed by atoms with E-state index in [1.54, 1.807) is 0 Å². The van der Waals surface area contributed by atoms with Crippen LogP contribution in [0.1, 0.15) is 18.9 Å². The minimum atomic E-state index is 0.312. The Morgan fingerprint density at radius 1 is 0.962 bits per heavy atom. The van der Waals surface area contributed by atoms with Crippen molar-refractivity contribution in [2.45, 2.75) is 20.3 Å². The van der Waals surface area contributed by atoms with Crippen LogP contribution in [0.15, 0.2) is 52.9 Å². The van der Waals surface area contributed by atoms with Crippen LogP contribution in [-0.4, -0.2) is 26.7 Å². The van der Waals surface area contributed by atoms with Crippen LogP contribution in [0.5, 0.6) is 0 Å². The summed E-state index contributed by atoms with van der Waals surface area (Å²) in [6.07, 6.45) is 1.01. The largest absolute Gasteiger partial charge is 0.413 e. The molecule has 0 aliphatic carbocycles. The van der Waals surface area contributed by atoms with E-state index in [1.807, 2.05) is 55.5 Å². The topological polar surface area (TPSA) is 76.7 Å². The first-order valence-electron chi connectivity index (χ1n) is 8.66. The molecule has 0 radical (unpaired) electrons. The van der Waals surface area contributed by atoms with Crippen LogP contribution in [0.4, 0.5) is 5.82 Å². The van der Waals surface area contributed by atoms with Crippen LogP contribution in [0.2, 0.25) is 0 Å². The second-order valence-electron chi connectivity index (χ2n) is 6.12. The molecule has 0 unspecified atom stereocenters. The molecule has 0 atom stereocenters. The lowest BCUT2D eigenvalue weighted by atomic mass is 10.1. The molecule has 6 nitrogen and oxygen atoms in total. The molecule has 6 heteroatoms. The lowest BCUT2D eigenvalue weighted by molar-refractivity contribution is 0.579. The molecule has 0 aliphatic rings. The van der Waals surface area contributed by atoms with Crippen LogP contribution in [0.3, 0.4) is 0 Å². The third-order valence-electron chi connectivity index (χ3n) is 4.03. The van der Waals surface area contributed by atoms with E-state index in [2.05, 4.69) is 32.4 Å². The van der Waals surface area contributed by atoms with E-state index in [0.29, 0.717) is 17.6 Å². The van der Waals surface area contributed by atoms with Crippen molar-refractivity contribution in [3.05, 3.63) is 54.1 Å². The van der Waals surface area contributed by atoms with E-state index in [0.717, 1.165) is 40.8 Å². The first kappa shape index (κ1) is 16.2. The number of fused-ring (bicyclic) bond motifs is 1. The van der Waals surface area contributed by atoms with Gasteiger partial charge in [0.25, 0.3) is 5.89 Å². The Balaban J connectivity index is 1.77. The standard InChI is InChI=1S/C20H19N5O/c1-3-11-21-17-15-9-4-5-10-16(15)22-18(23-17)20-25-24-19(26-20)14-8-6-7-13(2)12-14/h4-10,12H,3,11H2,1-2H3,(H,21,22,23). The van der Waals surface area contributed by atoms with Gasteiger partial charge in [0, 0.05) is 17.5 Å². The lowest BCUT2D eigenvalue weighted by Gasteiger charge is -2.08. The number of nitrogens with zero attached hydrogens (tertiary/aromatic N) is 4. The van der Waals surface area contributed by atoms with Crippen molar-refractivity contribution in [3.8, 4) is 23.2 Å². The first-order chi connectivity index (χ1) is 12.7. The first-order valence-corrected chi connectivity index (χ1v) is 8.66. The van der Waals surface area contributed by atoms with Crippen molar-refractivity contribution in [2.24, 2.45) is 0 Å². The zero-order valence-corrected chi connectivity index (χ0v) is 14.7. The molecular formula is C20H19N5O. The summed E-state index contributed by atoms with van der Waals surface area (Å²) in [5.74, 6) is 1.98. The zero-order valence-electron chi connectivity index (χ0n) is 14.7. The number of benzene rings is 2. The van der Waals surface area contributed by atoms with Crippen LogP contribution in [0.25, 0.3) is 34.1 Å². The number of rotatable bonds is 5. The van der Waals surface area contributed by atoms with Crippen molar-refractivity contribution >= 4 is 16.7 Å². The average molecular weight is 345 g/mol. The Hall–Kier alpha value is -3.28. The third kappa shape index (κ3) is 3.13. The van der Waals surface area contributed by atoms with Crippen LogP contribution >= 0.6 is 0 Å². The van der Waals surface area contributed by atoms with E-state index in [4.69, 9.17) is 4.42 Å². The molecule has 2 aromatic heterocycles. The average Bonchev–Trinajstić information content (AvgIpc) is 3.16. The van der Waals surface area contributed by atoms with E-state index in [-0.39, 0.29) is 0 Å². The molecule has 0 spiro atoms. The van der Waals surface area contributed by atoms with Gasteiger partial charge in [-0.1, -0.05) is 36.8 Å². The van der Waals surface area contributed by atoms with Crippen molar-refractivity contribution in [1.82, 2.24) is 20.2 Å². The lowest BCUT2D eigenvalue weighted by Crippen LogP contribution is -2.04. The summed E-state index contributed by atoms with van der Waals surface area (Å²) in [5.41, 5.74) is 2.86. The van der Waals surface area contributed by atoms with Crippen LogP contribution in [-0.2, 0) is 0 Å². The molecule has 0 fully saturated rings. The number of aryl methyl sites for hydroxylation is 1. The summed E-state index contributed by atoms with van der Waals surface area (Å²) in [7, 11) is 0. The monoisotopic (exact) mass is 345 g/mol. The number of hydrogen-bond donors (Lipinski definition) is 1. The Morgan fingerprint density at radius 2 is 1.81 bits per heavy atom. The number of aromatic nitrogens is 4. The van der Waals surface area contributed by atoms with E-state index < -0.39 is 0 Å². The maximum atomic E-state index is 5.84. The molecule has 2 heterocycles. The number of nitrogens with one attached hydrogen (secondary N) is 1. The smallest absolute Gasteiger partial charge is 0.286 e. The highest BCUT2D eigenvalue weighted by atomic mass is 16.4. The molecule has 0 bridgehead atoms. The Labute approximate surface area is 151 Å². The van der Waals surface area contributed by atoms with Crippen molar-refractivity contribution in [3.63, 3.8) is 0 Å². The molecule has 0 saturated heterocycles. The quantitative estimate of drug-likeness (QED) is 0.575. The number of hydrogen-bond acceptors (Lipinski definition) is 6. The third-order valence-corrected chi connectivity index (χ3v) is 4.03. The van der Waals surface area contributed by atoms with Crippen molar-refractivity contribution in [2.75, 3.05) is 11.9 Å². The molecular weight excluding hydrogens is 326 g/mol. The maximum Gasteiger partial charge on any atom is 0.286 e. The fourth-order valence-electron chi connectivity index (χ4n) is 2.76. The van der Waals surface area contributed by atoms with Gasteiger partial charge < -0.3 is 9.73 Å². The van der Waals surface area contributed by atoms with Gasteiger partial charge in [-0.2, -0.15) is 0 Å². The minimum Gasteiger partial charge on any atom is -0.413 e. The summed E-state index contributed by atoms with van der Waals surface area (Å²) in [4.78, 5) is 9.21. The van der Waals surface area contributed by atoms with Gasteiger partial charge in [0.1, 0.15) is 5.82 Å². The van der Waals surface area contributed by atoms with E-state index in [1.165, 1.54) is 0 Å². The summed E-state index contributed by atoms with van der Waals surface area (Å²) in [6.45, 7) is 4.97. The van der Waals surface area contributed by atoms with Crippen molar-refractivity contribution < 1.29 is 4.42 Å². The minimum absolute atomic E-state index is 0.312. The Bertz CT molecular complexity index is 1060. The predicted octanol–water partition coefficient (Wildman–Crippen LogP) is 4.48. The summed E-state index contributed by atoms with van der Waals surface area (Å²) < 4.78 is 5.84. The molecule has 4 rings (SSSR count). The molecule has 0 saturated carbocycles. The highest BCUT2D eigenvalue weighted by molar-refractivity contribution is 5.90. The summed E-state index contributed by atoms with van der Waals surface area (Å²) in [6, 6.07) is 15.8. The van der Waals surface area contributed by atoms with Gasteiger partial charge in [-0.15, -0.1) is 10.2 Å². The van der Waals surface area contributed by atoms with Gasteiger partial charge in [0.05, 0.1) is 5.52 Å². The zero-order chi connectivity index (χ0) is 17.9. The van der Waals surface area contributed by atoms with Gasteiger partial charge in [-0.25, -0.2) is 9.97 Å². The fraction of sp³-hybridized carbons (Fsp3) is 0.200. The second-order valence-corrected chi connectivity index (χ2v) is 6.12. The molecule has 1 N–H and O–H groups in total. The van der Waals surface area contributed by atoms with Gasteiger partial charge in [-0.05, 0) is 37.6 Å². The van der Waals surface area contributed by atoms with Gasteiger partial charge in [0.2, 0.25) is 11.7 Å².